The average molecular weight is 346 g/mol. The number of hydrogen-bond acceptors (Lipinski definition) is 5. The average Bonchev–Trinajstić information content (AvgIpc) is 3.14. The number of rotatable bonds is 2. The van der Waals surface area contributed by atoms with E-state index in [1.165, 1.54) is 0 Å². The van der Waals surface area contributed by atoms with Gasteiger partial charge < -0.3 is 14.2 Å². The predicted octanol–water partition coefficient (Wildman–Crippen LogP) is 2.33. The van der Waals surface area contributed by atoms with Gasteiger partial charge in [-0.3, -0.25) is 9.20 Å². The van der Waals surface area contributed by atoms with Crippen LogP contribution in [-0.2, 0) is 0 Å². The number of nitrogens with zero attached hydrogens (tertiary/aromatic N) is 5. The Kier molecular flexibility index (Phi) is 3.86. The molecule has 0 unspecified atom stereocenters. The van der Waals surface area contributed by atoms with Crippen LogP contribution in [0.5, 0.6) is 0 Å². The quantitative estimate of drug-likeness (QED) is 0.713. The fourth-order valence-electron chi connectivity index (χ4n) is 2.95. The number of pyridine rings is 1. The molecule has 8 heteroatoms. The first-order chi connectivity index (χ1) is 11.7. The van der Waals surface area contributed by atoms with Crippen LogP contribution >= 0.6 is 11.6 Å². The third kappa shape index (κ3) is 2.71. The first kappa shape index (κ1) is 15.0. The summed E-state index contributed by atoms with van der Waals surface area (Å²) < 4.78 is 7.19. The molecular weight excluding hydrogens is 330 g/mol. The van der Waals surface area contributed by atoms with Crippen LogP contribution in [0.25, 0.3) is 5.65 Å². The summed E-state index contributed by atoms with van der Waals surface area (Å²) in [6, 6.07) is 9.00. The maximum absolute atomic E-state index is 12.5. The summed E-state index contributed by atoms with van der Waals surface area (Å²) in [5, 5.41) is 8.71. The van der Waals surface area contributed by atoms with E-state index in [1.54, 1.807) is 17.0 Å². The van der Waals surface area contributed by atoms with Crippen LogP contribution in [0, 0.1) is 0 Å². The van der Waals surface area contributed by atoms with Crippen molar-refractivity contribution in [3.63, 3.8) is 0 Å². The number of fused-ring (bicyclic) bond motifs is 1. The molecule has 0 radical (unpaired) electrons. The van der Waals surface area contributed by atoms with Crippen molar-refractivity contribution in [2.75, 3.05) is 31.1 Å². The maximum atomic E-state index is 12.5. The summed E-state index contributed by atoms with van der Waals surface area (Å²) in [4.78, 5) is 16.4. The lowest BCUT2D eigenvalue weighted by atomic mass is 10.3. The van der Waals surface area contributed by atoms with Gasteiger partial charge in [-0.25, -0.2) is 0 Å². The molecule has 0 aromatic carbocycles. The highest BCUT2D eigenvalue weighted by atomic mass is 35.5. The fraction of sp³-hybridized carbons (Fsp3) is 0.312. The zero-order chi connectivity index (χ0) is 16.5. The summed E-state index contributed by atoms with van der Waals surface area (Å²) in [5.41, 5.74) is 0.815. The van der Waals surface area contributed by atoms with Crippen LogP contribution in [-0.4, -0.2) is 51.6 Å². The molecule has 3 aromatic rings. The van der Waals surface area contributed by atoms with Crippen molar-refractivity contribution < 1.29 is 9.21 Å². The van der Waals surface area contributed by atoms with Crippen molar-refractivity contribution in [3.05, 3.63) is 47.5 Å². The number of anilines is 1. The van der Waals surface area contributed by atoms with Crippen molar-refractivity contribution in [1.29, 1.82) is 0 Å². The molecule has 1 amide bonds. The largest absolute Gasteiger partial charge is 0.440 e. The lowest BCUT2D eigenvalue weighted by Gasteiger charge is -2.21. The van der Waals surface area contributed by atoms with Crippen LogP contribution < -0.4 is 4.90 Å². The van der Waals surface area contributed by atoms with E-state index in [2.05, 4.69) is 15.1 Å². The number of carbonyl (C=O) groups excluding carboxylic acids is 1. The SMILES string of the molecule is O=C(c1ccc(Cl)o1)N1CCCN(c2nnc3ccccn23)CC1. The van der Waals surface area contributed by atoms with Crippen LogP contribution in [0.3, 0.4) is 0 Å². The van der Waals surface area contributed by atoms with E-state index in [0.29, 0.717) is 19.6 Å². The number of hydrogen-bond donors (Lipinski definition) is 0. The Bertz CT molecular complexity index is 874. The summed E-state index contributed by atoms with van der Waals surface area (Å²) in [6.07, 6.45) is 2.80. The van der Waals surface area contributed by atoms with Crippen LogP contribution in [0.4, 0.5) is 5.95 Å². The molecule has 0 bridgehead atoms. The van der Waals surface area contributed by atoms with E-state index >= 15 is 0 Å². The second-order valence-electron chi connectivity index (χ2n) is 5.67. The molecule has 0 spiro atoms. The van der Waals surface area contributed by atoms with Gasteiger partial charge in [0.05, 0.1) is 0 Å². The fourth-order valence-corrected chi connectivity index (χ4v) is 3.10. The van der Waals surface area contributed by atoms with Crippen LogP contribution in [0.15, 0.2) is 40.9 Å². The van der Waals surface area contributed by atoms with Crippen molar-refractivity contribution in [1.82, 2.24) is 19.5 Å². The molecule has 124 valence electrons. The molecule has 4 heterocycles. The van der Waals surface area contributed by atoms with Gasteiger partial charge in [0.2, 0.25) is 5.95 Å². The second kappa shape index (κ2) is 6.16. The normalized spacial score (nSPS) is 15.7. The Morgan fingerprint density at radius 2 is 2.00 bits per heavy atom. The van der Waals surface area contributed by atoms with Crippen molar-refractivity contribution in [3.8, 4) is 0 Å². The Morgan fingerprint density at radius 3 is 2.83 bits per heavy atom. The lowest BCUT2D eigenvalue weighted by molar-refractivity contribution is 0.0735. The topological polar surface area (TPSA) is 66.9 Å². The van der Waals surface area contributed by atoms with Gasteiger partial charge >= 0.3 is 0 Å². The minimum Gasteiger partial charge on any atom is -0.440 e. The van der Waals surface area contributed by atoms with Crippen molar-refractivity contribution in [2.45, 2.75) is 6.42 Å². The van der Waals surface area contributed by atoms with E-state index < -0.39 is 0 Å². The first-order valence-corrected chi connectivity index (χ1v) is 8.19. The minimum atomic E-state index is -0.130. The van der Waals surface area contributed by atoms with E-state index in [1.807, 2.05) is 28.8 Å². The molecule has 24 heavy (non-hydrogen) atoms. The summed E-state index contributed by atoms with van der Waals surface area (Å²) in [5.74, 6) is 0.956. The third-order valence-corrected chi connectivity index (χ3v) is 4.35. The second-order valence-corrected chi connectivity index (χ2v) is 6.04. The maximum Gasteiger partial charge on any atom is 0.289 e. The van der Waals surface area contributed by atoms with Crippen molar-refractivity contribution >= 4 is 29.1 Å². The first-order valence-electron chi connectivity index (χ1n) is 7.82. The van der Waals surface area contributed by atoms with Gasteiger partial charge in [-0.05, 0) is 42.3 Å². The Hall–Kier alpha value is -2.54. The van der Waals surface area contributed by atoms with Crippen LogP contribution in [0.2, 0.25) is 5.22 Å². The Morgan fingerprint density at radius 1 is 1.08 bits per heavy atom. The highest BCUT2D eigenvalue weighted by Crippen LogP contribution is 2.18. The highest BCUT2D eigenvalue weighted by molar-refractivity contribution is 6.29. The summed E-state index contributed by atoms with van der Waals surface area (Å²) in [6.45, 7) is 2.78. The van der Waals surface area contributed by atoms with Gasteiger partial charge in [0, 0.05) is 32.4 Å². The number of halogens is 1. The monoisotopic (exact) mass is 345 g/mol. The zero-order valence-electron chi connectivity index (χ0n) is 12.9. The summed E-state index contributed by atoms with van der Waals surface area (Å²) >= 11 is 5.76. The van der Waals surface area contributed by atoms with E-state index in [4.69, 9.17) is 16.0 Å². The molecule has 7 nitrogen and oxygen atoms in total. The Balaban J connectivity index is 1.51. The minimum absolute atomic E-state index is 0.130. The van der Waals surface area contributed by atoms with E-state index in [-0.39, 0.29) is 16.9 Å². The number of carbonyl (C=O) groups is 1. The zero-order valence-corrected chi connectivity index (χ0v) is 13.7. The molecule has 3 aromatic heterocycles. The Labute approximate surface area is 143 Å². The molecule has 0 saturated carbocycles. The van der Waals surface area contributed by atoms with Gasteiger partial charge in [0.1, 0.15) is 0 Å². The lowest BCUT2D eigenvalue weighted by Crippen LogP contribution is -2.35. The van der Waals surface area contributed by atoms with Crippen LogP contribution in [0.1, 0.15) is 17.0 Å². The number of aromatic nitrogens is 3. The molecule has 0 aliphatic carbocycles. The molecule has 0 atom stereocenters. The number of amides is 1. The van der Waals surface area contributed by atoms with Gasteiger partial charge in [-0.15, -0.1) is 10.2 Å². The highest BCUT2D eigenvalue weighted by Gasteiger charge is 2.24. The van der Waals surface area contributed by atoms with Gasteiger partial charge in [0.15, 0.2) is 16.6 Å². The van der Waals surface area contributed by atoms with Crippen molar-refractivity contribution in [2.24, 2.45) is 0 Å². The number of furan rings is 1. The molecule has 1 fully saturated rings. The molecular formula is C16H16ClN5O2. The molecule has 1 aliphatic heterocycles. The van der Waals surface area contributed by atoms with E-state index in [0.717, 1.165) is 24.6 Å². The van der Waals surface area contributed by atoms with Gasteiger partial charge in [-0.2, -0.15) is 0 Å². The van der Waals surface area contributed by atoms with Gasteiger partial charge in [0.25, 0.3) is 5.91 Å². The molecule has 0 N–H and O–H groups in total. The summed E-state index contributed by atoms with van der Waals surface area (Å²) in [7, 11) is 0. The smallest absolute Gasteiger partial charge is 0.289 e. The standard InChI is InChI=1S/C16H16ClN5O2/c17-13-6-5-12(24-13)15(23)20-7-3-8-21(11-10-20)16-19-18-14-4-1-2-9-22(14)16/h1-2,4-6,9H,3,7-8,10-11H2. The molecule has 1 aliphatic rings. The van der Waals surface area contributed by atoms with Gasteiger partial charge in [-0.1, -0.05) is 6.07 Å². The molecule has 1 saturated heterocycles. The van der Waals surface area contributed by atoms with E-state index in [9.17, 15) is 4.79 Å². The predicted molar refractivity (Wildman–Crippen MR) is 89.4 cm³/mol. The third-order valence-electron chi connectivity index (χ3n) is 4.15. The molecule has 4 rings (SSSR count).